The second kappa shape index (κ2) is 7.55. The van der Waals surface area contributed by atoms with E-state index in [1.165, 1.54) is 35.6 Å². The zero-order valence-electron chi connectivity index (χ0n) is 12.3. The molecule has 7 heteroatoms. The van der Waals surface area contributed by atoms with Crippen LogP contribution in [0.5, 0.6) is 5.75 Å². The topological polar surface area (TPSA) is 51.2 Å². The summed E-state index contributed by atoms with van der Waals surface area (Å²) in [5, 5.41) is 5.06. The molecule has 24 heavy (non-hydrogen) atoms. The Morgan fingerprint density at radius 2 is 1.88 bits per heavy atom. The lowest BCUT2D eigenvalue weighted by atomic mass is 10.2. The molecule has 0 saturated carbocycles. The Hall–Kier alpha value is -2.25. The molecule has 3 aromatic rings. The molecule has 1 heterocycles. The first-order valence-corrected chi connectivity index (χ1v) is 8.67. The minimum atomic E-state index is -0.352. The van der Waals surface area contributed by atoms with Gasteiger partial charge in [-0.1, -0.05) is 28.1 Å². The molecule has 0 unspecified atom stereocenters. The van der Waals surface area contributed by atoms with E-state index >= 15 is 0 Å². The standard InChI is InChI=1S/C17H12BrFN2O2S/c18-12-3-1-11(2-4-12)15-10-24-17(20-15)21-16(22)9-23-14-7-5-13(19)6-8-14/h1-8,10H,9H2,(H,20,21,22). The van der Waals surface area contributed by atoms with E-state index in [4.69, 9.17) is 4.74 Å². The number of halogens is 2. The number of hydrogen-bond donors (Lipinski definition) is 1. The number of nitrogens with one attached hydrogen (secondary N) is 1. The van der Waals surface area contributed by atoms with Gasteiger partial charge in [-0.05, 0) is 36.4 Å². The van der Waals surface area contributed by atoms with Crippen molar-refractivity contribution in [2.75, 3.05) is 11.9 Å². The highest BCUT2D eigenvalue weighted by atomic mass is 79.9. The second-order valence-electron chi connectivity index (χ2n) is 4.84. The van der Waals surface area contributed by atoms with E-state index in [2.05, 4.69) is 26.2 Å². The Balaban J connectivity index is 1.57. The number of anilines is 1. The number of benzene rings is 2. The number of carbonyl (C=O) groups excluding carboxylic acids is 1. The van der Waals surface area contributed by atoms with Crippen molar-refractivity contribution < 1.29 is 13.9 Å². The van der Waals surface area contributed by atoms with Crippen LogP contribution >= 0.6 is 27.3 Å². The lowest BCUT2D eigenvalue weighted by Gasteiger charge is -2.05. The van der Waals surface area contributed by atoms with Gasteiger partial charge in [0.25, 0.3) is 5.91 Å². The van der Waals surface area contributed by atoms with Crippen LogP contribution in [0.2, 0.25) is 0 Å². The molecule has 1 amide bonds. The zero-order chi connectivity index (χ0) is 16.9. The van der Waals surface area contributed by atoms with Gasteiger partial charge in [0, 0.05) is 15.4 Å². The van der Waals surface area contributed by atoms with Crippen molar-refractivity contribution >= 4 is 38.3 Å². The number of hydrogen-bond acceptors (Lipinski definition) is 4. The Morgan fingerprint density at radius 3 is 2.58 bits per heavy atom. The van der Waals surface area contributed by atoms with Gasteiger partial charge in [-0.3, -0.25) is 10.1 Å². The van der Waals surface area contributed by atoms with Gasteiger partial charge >= 0.3 is 0 Å². The summed E-state index contributed by atoms with van der Waals surface area (Å²) in [4.78, 5) is 16.3. The van der Waals surface area contributed by atoms with Crippen molar-refractivity contribution in [3.05, 3.63) is 64.2 Å². The summed E-state index contributed by atoms with van der Waals surface area (Å²) in [5.74, 6) is -0.243. The SMILES string of the molecule is O=C(COc1ccc(F)cc1)Nc1nc(-c2ccc(Br)cc2)cs1. The Morgan fingerprint density at radius 1 is 1.17 bits per heavy atom. The van der Waals surface area contributed by atoms with Crippen molar-refractivity contribution in [1.29, 1.82) is 0 Å². The molecular formula is C17H12BrFN2O2S. The van der Waals surface area contributed by atoms with Gasteiger partial charge in [0.15, 0.2) is 11.7 Å². The van der Waals surface area contributed by atoms with Gasteiger partial charge in [0.05, 0.1) is 5.69 Å². The molecule has 0 fully saturated rings. The molecule has 4 nitrogen and oxygen atoms in total. The van der Waals surface area contributed by atoms with Crippen molar-refractivity contribution in [1.82, 2.24) is 4.98 Å². The molecular weight excluding hydrogens is 395 g/mol. The highest BCUT2D eigenvalue weighted by Crippen LogP contribution is 2.26. The Kier molecular flexibility index (Phi) is 5.22. The van der Waals surface area contributed by atoms with Gasteiger partial charge in [0.2, 0.25) is 0 Å². The normalized spacial score (nSPS) is 10.4. The summed E-state index contributed by atoms with van der Waals surface area (Å²) in [6, 6.07) is 13.3. The predicted octanol–water partition coefficient (Wildman–Crippen LogP) is 4.73. The zero-order valence-corrected chi connectivity index (χ0v) is 14.7. The maximum atomic E-state index is 12.8. The molecule has 0 aliphatic heterocycles. The predicted molar refractivity (Wildman–Crippen MR) is 95.8 cm³/mol. The van der Waals surface area contributed by atoms with Gasteiger partial charge in [-0.15, -0.1) is 11.3 Å². The number of aromatic nitrogens is 1. The van der Waals surface area contributed by atoms with E-state index in [0.717, 1.165) is 15.7 Å². The Bertz CT molecular complexity index is 835. The molecule has 1 aromatic heterocycles. The molecule has 0 radical (unpaired) electrons. The summed E-state index contributed by atoms with van der Waals surface area (Å²) >= 11 is 4.73. The maximum Gasteiger partial charge on any atom is 0.264 e. The number of ether oxygens (including phenoxy) is 1. The third kappa shape index (κ3) is 4.39. The van der Waals surface area contributed by atoms with Crippen LogP contribution < -0.4 is 10.1 Å². The third-order valence-corrected chi connectivity index (χ3v) is 4.36. The fourth-order valence-corrected chi connectivity index (χ4v) is 2.92. The molecule has 3 rings (SSSR count). The molecule has 2 aromatic carbocycles. The second-order valence-corrected chi connectivity index (χ2v) is 6.61. The maximum absolute atomic E-state index is 12.8. The fraction of sp³-hybridized carbons (Fsp3) is 0.0588. The van der Waals surface area contributed by atoms with Gasteiger partial charge in [0.1, 0.15) is 11.6 Å². The smallest absolute Gasteiger partial charge is 0.264 e. The van der Waals surface area contributed by atoms with Gasteiger partial charge in [-0.2, -0.15) is 0 Å². The minimum absolute atomic E-state index is 0.168. The van der Waals surface area contributed by atoms with Crippen LogP contribution in [0.25, 0.3) is 11.3 Å². The van der Waals surface area contributed by atoms with Crippen LogP contribution in [0.3, 0.4) is 0 Å². The highest BCUT2D eigenvalue weighted by Gasteiger charge is 2.09. The summed E-state index contributed by atoms with van der Waals surface area (Å²) in [7, 11) is 0. The molecule has 0 spiro atoms. The first-order chi connectivity index (χ1) is 11.6. The molecule has 122 valence electrons. The third-order valence-electron chi connectivity index (χ3n) is 3.07. The molecule has 1 N–H and O–H groups in total. The average Bonchev–Trinajstić information content (AvgIpc) is 3.03. The summed E-state index contributed by atoms with van der Waals surface area (Å²) in [6.45, 7) is -0.168. The number of carbonyl (C=O) groups is 1. The summed E-state index contributed by atoms with van der Waals surface area (Å²) < 4.78 is 19.1. The lowest BCUT2D eigenvalue weighted by molar-refractivity contribution is -0.118. The van der Waals surface area contributed by atoms with E-state index in [-0.39, 0.29) is 18.3 Å². The quantitative estimate of drug-likeness (QED) is 0.666. The van der Waals surface area contributed by atoms with Crippen molar-refractivity contribution in [2.45, 2.75) is 0 Å². The molecule has 0 bridgehead atoms. The van der Waals surface area contributed by atoms with Crippen molar-refractivity contribution in [2.24, 2.45) is 0 Å². The molecule has 0 atom stereocenters. The first-order valence-electron chi connectivity index (χ1n) is 7.00. The summed E-state index contributed by atoms with van der Waals surface area (Å²) in [5.41, 5.74) is 1.76. The largest absolute Gasteiger partial charge is 0.484 e. The highest BCUT2D eigenvalue weighted by molar-refractivity contribution is 9.10. The molecule has 0 aliphatic rings. The van der Waals surface area contributed by atoms with Gasteiger partial charge < -0.3 is 4.74 Å². The van der Waals surface area contributed by atoms with E-state index in [1.54, 1.807) is 0 Å². The van der Waals surface area contributed by atoms with Crippen LogP contribution in [-0.4, -0.2) is 17.5 Å². The van der Waals surface area contributed by atoms with Crippen molar-refractivity contribution in [3.63, 3.8) is 0 Å². The van der Waals surface area contributed by atoms with Crippen LogP contribution in [0.15, 0.2) is 58.4 Å². The lowest BCUT2D eigenvalue weighted by Crippen LogP contribution is -2.20. The number of amides is 1. The van der Waals surface area contributed by atoms with E-state index < -0.39 is 0 Å². The Labute approximate surface area is 150 Å². The number of rotatable bonds is 5. The molecule has 0 saturated heterocycles. The van der Waals surface area contributed by atoms with Crippen molar-refractivity contribution in [3.8, 4) is 17.0 Å². The van der Waals surface area contributed by atoms with Gasteiger partial charge in [-0.25, -0.2) is 9.37 Å². The number of thiazole rings is 1. The number of nitrogens with zero attached hydrogens (tertiary/aromatic N) is 1. The average molecular weight is 407 g/mol. The van der Waals surface area contributed by atoms with Crippen LogP contribution in [0.4, 0.5) is 9.52 Å². The van der Waals surface area contributed by atoms with E-state index in [0.29, 0.717) is 10.9 Å². The van der Waals surface area contributed by atoms with Crippen LogP contribution in [0.1, 0.15) is 0 Å². The first kappa shape index (κ1) is 16.6. The van der Waals surface area contributed by atoms with E-state index in [1.807, 2.05) is 29.6 Å². The fourth-order valence-electron chi connectivity index (χ4n) is 1.92. The van der Waals surface area contributed by atoms with E-state index in [9.17, 15) is 9.18 Å². The monoisotopic (exact) mass is 406 g/mol. The van der Waals surface area contributed by atoms with Crippen LogP contribution in [0, 0.1) is 5.82 Å². The minimum Gasteiger partial charge on any atom is -0.484 e. The molecule has 0 aliphatic carbocycles. The van der Waals surface area contributed by atoms with Crippen LogP contribution in [-0.2, 0) is 4.79 Å². The summed E-state index contributed by atoms with van der Waals surface area (Å²) in [6.07, 6.45) is 0.